The van der Waals surface area contributed by atoms with Crippen LogP contribution < -0.4 is 4.74 Å². The van der Waals surface area contributed by atoms with Gasteiger partial charge in [-0.1, -0.05) is 23.4 Å². The van der Waals surface area contributed by atoms with Crippen molar-refractivity contribution in [1.82, 2.24) is 15.0 Å². The van der Waals surface area contributed by atoms with Crippen LogP contribution in [0.2, 0.25) is 0 Å². The molecule has 0 spiro atoms. The zero-order valence-electron chi connectivity index (χ0n) is 14.3. The van der Waals surface area contributed by atoms with Gasteiger partial charge in [-0.15, -0.1) is 0 Å². The summed E-state index contributed by atoms with van der Waals surface area (Å²) in [4.78, 5) is 16.5. The van der Waals surface area contributed by atoms with E-state index in [1.807, 2.05) is 35.2 Å². The van der Waals surface area contributed by atoms with E-state index in [1.54, 1.807) is 0 Å². The highest BCUT2D eigenvalue weighted by Crippen LogP contribution is 2.40. The molecule has 0 bridgehead atoms. The molecule has 1 aliphatic carbocycles. The minimum absolute atomic E-state index is 0.0426. The third-order valence-electron chi connectivity index (χ3n) is 4.77. The minimum atomic E-state index is 0.0426. The number of benzene rings is 1. The summed E-state index contributed by atoms with van der Waals surface area (Å²) in [6, 6.07) is 11.5. The fourth-order valence-electron chi connectivity index (χ4n) is 3.10. The molecule has 1 amide bonds. The van der Waals surface area contributed by atoms with Gasteiger partial charge in [0.25, 0.3) is 5.91 Å². The second-order valence-corrected chi connectivity index (χ2v) is 6.75. The summed E-state index contributed by atoms with van der Waals surface area (Å²) in [5.41, 5.74) is 0.995. The number of piperazine rings is 1. The van der Waals surface area contributed by atoms with Crippen molar-refractivity contribution in [3.05, 3.63) is 47.9 Å². The maximum absolute atomic E-state index is 12.3. The summed E-state index contributed by atoms with van der Waals surface area (Å²) in [5, 5.41) is 4.17. The van der Waals surface area contributed by atoms with Gasteiger partial charge in [-0.05, 0) is 25.0 Å². The molecule has 1 saturated carbocycles. The number of carbonyl (C=O) groups excluding carboxylic acids is 1. The van der Waals surface area contributed by atoms with E-state index in [9.17, 15) is 4.79 Å². The molecule has 2 aromatic rings. The van der Waals surface area contributed by atoms with E-state index >= 15 is 0 Å². The Morgan fingerprint density at radius 1 is 1.16 bits per heavy atom. The molecule has 1 saturated heterocycles. The first kappa shape index (κ1) is 16.1. The van der Waals surface area contributed by atoms with Crippen LogP contribution in [0.5, 0.6) is 5.75 Å². The van der Waals surface area contributed by atoms with Crippen molar-refractivity contribution >= 4 is 5.91 Å². The van der Waals surface area contributed by atoms with Crippen molar-refractivity contribution in [2.45, 2.75) is 25.3 Å². The molecule has 6 nitrogen and oxygen atoms in total. The first-order valence-corrected chi connectivity index (χ1v) is 8.91. The van der Waals surface area contributed by atoms with Gasteiger partial charge in [0.05, 0.1) is 5.69 Å². The molecule has 0 radical (unpaired) electrons. The molecular formula is C19H23N3O3. The Morgan fingerprint density at radius 3 is 2.64 bits per heavy atom. The molecule has 132 valence electrons. The normalized spacial score (nSPS) is 18.3. The lowest BCUT2D eigenvalue weighted by molar-refractivity contribution is -0.135. The highest BCUT2D eigenvalue weighted by atomic mass is 16.5. The number of rotatable bonds is 6. The van der Waals surface area contributed by atoms with Gasteiger partial charge in [0, 0.05) is 44.7 Å². The SMILES string of the molecule is O=C(COc1ccccc1)N1CCN(Cc2cc(C3CC3)on2)CC1. The molecule has 1 aromatic carbocycles. The van der Waals surface area contributed by atoms with E-state index in [0.29, 0.717) is 5.92 Å². The monoisotopic (exact) mass is 341 g/mol. The van der Waals surface area contributed by atoms with Crippen LogP contribution in [-0.4, -0.2) is 53.6 Å². The Bertz CT molecular complexity index is 704. The Hall–Kier alpha value is -2.34. The Kier molecular flexibility index (Phi) is 4.70. The maximum atomic E-state index is 12.3. The third-order valence-corrected chi connectivity index (χ3v) is 4.77. The van der Waals surface area contributed by atoms with Crippen LogP contribution in [0.15, 0.2) is 40.9 Å². The van der Waals surface area contributed by atoms with Gasteiger partial charge in [0.2, 0.25) is 0 Å². The van der Waals surface area contributed by atoms with E-state index in [-0.39, 0.29) is 12.5 Å². The van der Waals surface area contributed by atoms with Crippen molar-refractivity contribution in [2.24, 2.45) is 0 Å². The second-order valence-electron chi connectivity index (χ2n) is 6.75. The minimum Gasteiger partial charge on any atom is -0.484 e. The summed E-state index contributed by atoms with van der Waals surface area (Å²) >= 11 is 0. The number of carbonyl (C=O) groups is 1. The van der Waals surface area contributed by atoms with Crippen molar-refractivity contribution < 1.29 is 14.1 Å². The number of aromatic nitrogens is 1. The predicted molar refractivity (Wildman–Crippen MR) is 92.3 cm³/mol. The van der Waals surface area contributed by atoms with Crippen LogP contribution in [0.4, 0.5) is 0 Å². The van der Waals surface area contributed by atoms with Gasteiger partial charge in [0.15, 0.2) is 6.61 Å². The molecule has 4 rings (SSSR count). The molecule has 0 N–H and O–H groups in total. The van der Waals surface area contributed by atoms with Crippen LogP contribution in [-0.2, 0) is 11.3 Å². The zero-order valence-corrected chi connectivity index (χ0v) is 14.3. The summed E-state index contributed by atoms with van der Waals surface area (Å²) < 4.78 is 11.0. The predicted octanol–water partition coefficient (Wildman–Crippen LogP) is 2.28. The van der Waals surface area contributed by atoms with E-state index in [1.165, 1.54) is 12.8 Å². The summed E-state index contributed by atoms with van der Waals surface area (Å²) in [7, 11) is 0. The molecule has 1 aliphatic heterocycles. The van der Waals surface area contributed by atoms with Crippen LogP contribution in [0.1, 0.15) is 30.2 Å². The highest BCUT2D eigenvalue weighted by molar-refractivity contribution is 5.77. The molecule has 2 fully saturated rings. The number of amides is 1. The van der Waals surface area contributed by atoms with Crippen LogP contribution in [0, 0.1) is 0 Å². The van der Waals surface area contributed by atoms with Gasteiger partial charge < -0.3 is 14.2 Å². The quantitative estimate of drug-likeness (QED) is 0.807. The number of hydrogen-bond acceptors (Lipinski definition) is 5. The van der Waals surface area contributed by atoms with E-state index in [0.717, 1.165) is 49.9 Å². The maximum Gasteiger partial charge on any atom is 0.260 e. The molecule has 25 heavy (non-hydrogen) atoms. The van der Waals surface area contributed by atoms with Crippen LogP contribution in [0.3, 0.4) is 0 Å². The Morgan fingerprint density at radius 2 is 1.92 bits per heavy atom. The summed E-state index contributed by atoms with van der Waals surface area (Å²) in [5.74, 6) is 2.40. The Balaban J connectivity index is 1.21. The van der Waals surface area contributed by atoms with E-state index in [2.05, 4.69) is 16.1 Å². The lowest BCUT2D eigenvalue weighted by Gasteiger charge is -2.34. The van der Waals surface area contributed by atoms with Gasteiger partial charge >= 0.3 is 0 Å². The van der Waals surface area contributed by atoms with Crippen LogP contribution >= 0.6 is 0 Å². The Labute approximate surface area is 147 Å². The van der Waals surface area contributed by atoms with Gasteiger partial charge in [-0.25, -0.2) is 0 Å². The number of nitrogens with zero attached hydrogens (tertiary/aromatic N) is 3. The van der Waals surface area contributed by atoms with Crippen molar-refractivity contribution in [2.75, 3.05) is 32.8 Å². The van der Waals surface area contributed by atoms with E-state index < -0.39 is 0 Å². The van der Waals surface area contributed by atoms with Crippen LogP contribution in [0.25, 0.3) is 0 Å². The number of hydrogen-bond donors (Lipinski definition) is 0. The molecule has 6 heteroatoms. The molecule has 0 unspecified atom stereocenters. The van der Waals surface area contributed by atoms with Gasteiger partial charge in [0.1, 0.15) is 11.5 Å². The molecular weight excluding hydrogens is 318 g/mol. The largest absolute Gasteiger partial charge is 0.484 e. The summed E-state index contributed by atoms with van der Waals surface area (Å²) in [6.07, 6.45) is 2.45. The number of ether oxygens (including phenoxy) is 1. The first-order valence-electron chi connectivity index (χ1n) is 8.91. The standard InChI is InChI=1S/C19H23N3O3/c23-19(14-24-17-4-2-1-3-5-17)22-10-8-21(9-11-22)13-16-12-18(25-20-16)15-6-7-15/h1-5,12,15H,6-11,13-14H2. The highest BCUT2D eigenvalue weighted by Gasteiger charge is 2.28. The first-order chi connectivity index (χ1) is 12.3. The van der Waals surface area contributed by atoms with Gasteiger partial charge in [-0.2, -0.15) is 0 Å². The topological polar surface area (TPSA) is 58.8 Å². The van der Waals surface area contributed by atoms with Gasteiger partial charge in [-0.3, -0.25) is 9.69 Å². The van der Waals surface area contributed by atoms with E-state index in [4.69, 9.17) is 9.26 Å². The zero-order chi connectivity index (χ0) is 17.1. The number of para-hydroxylation sites is 1. The lowest BCUT2D eigenvalue weighted by Crippen LogP contribution is -2.49. The molecule has 2 heterocycles. The molecule has 0 atom stereocenters. The molecule has 2 aliphatic rings. The lowest BCUT2D eigenvalue weighted by atomic mass is 10.2. The summed E-state index contributed by atoms with van der Waals surface area (Å²) in [6.45, 7) is 4.04. The van der Waals surface area contributed by atoms with Crippen molar-refractivity contribution in [1.29, 1.82) is 0 Å². The third kappa shape index (κ3) is 4.20. The fraction of sp³-hybridized carbons (Fsp3) is 0.474. The smallest absolute Gasteiger partial charge is 0.260 e. The second kappa shape index (κ2) is 7.27. The average Bonchev–Trinajstić information content (AvgIpc) is 3.41. The molecule has 1 aromatic heterocycles. The van der Waals surface area contributed by atoms with Crippen molar-refractivity contribution in [3.63, 3.8) is 0 Å². The average molecular weight is 341 g/mol. The van der Waals surface area contributed by atoms with Crippen molar-refractivity contribution in [3.8, 4) is 5.75 Å². The fourth-order valence-corrected chi connectivity index (χ4v) is 3.10.